The molecule has 14 heavy (non-hydrogen) atoms. The monoisotopic (exact) mass is 214 g/mol. The average molecular weight is 214 g/mol. The average Bonchev–Trinajstić information content (AvgIpc) is 2.20. The van der Waals surface area contributed by atoms with Crippen molar-refractivity contribution in [2.45, 2.75) is 44.9 Å². The highest BCUT2D eigenvalue weighted by atomic mass is 32.2. The van der Waals surface area contributed by atoms with E-state index in [0.29, 0.717) is 6.04 Å². The summed E-state index contributed by atoms with van der Waals surface area (Å²) in [6.07, 6.45) is 4.76. The molecule has 0 aromatic carbocycles. The van der Waals surface area contributed by atoms with Gasteiger partial charge in [-0.15, -0.1) is 0 Å². The Balaban J connectivity index is 2.19. The molecule has 1 unspecified atom stereocenters. The molecule has 2 N–H and O–H groups in total. The van der Waals surface area contributed by atoms with E-state index in [1.165, 1.54) is 12.8 Å². The predicted octanol–water partition coefficient (Wildman–Crippen LogP) is 2.33. The number of hydrogen-bond acceptors (Lipinski definition) is 3. The molecule has 0 aromatic rings. The Kier molecular flexibility index (Phi) is 5.60. The van der Waals surface area contributed by atoms with Gasteiger partial charge in [-0.1, -0.05) is 37.4 Å². The lowest BCUT2D eigenvalue weighted by atomic mass is 9.99. The Morgan fingerprint density at radius 1 is 1.57 bits per heavy atom. The van der Waals surface area contributed by atoms with E-state index in [1.54, 1.807) is 5.57 Å². The fourth-order valence-corrected chi connectivity index (χ4v) is 2.59. The van der Waals surface area contributed by atoms with Crippen LogP contribution in [0.25, 0.3) is 0 Å². The Hall–Kier alpha value is 0.0100. The summed E-state index contributed by atoms with van der Waals surface area (Å²) >= 11 is 1.85. The maximum Gasteiger partial charge on any atom is 0.0510 e. The van der Waals surface area contributed by atoms with Crippen LogP contribution in [-0.4, -0.2) is 24.4 Å². The molecule has 1 rings (SSSR count). The zero-order chi connectivity index (χ0) is 10.4. The van der Waals surface area contributed by atoms with Crippen molar-refractivity contribution in [3.05, 3.63) is 11.6 Å². The molecule has 0 saturated carbocycles. The third-order valence-corrected chi connectivity index (χ3v) is 3.72. The Bertz CT molecular complexity index is 192. The number of hydrogen-bond donors (Lipinski definition) is 2. The van der Waals surface area contributed by atoms with E-state index in [-0.39, 0.29) is 0 Å². The molecule has 1 aliphatic rings. The van der Waals surface area contributed by atoms with E-state index in [0.717, 1.165) is 18.3 Å². The zero-order valence-corrected chi connectivity index (χ0v) is 10.3. The summed E-state index contributed by atoms with van der Waals surface area (Å²) in [5.41, 5.74) is 1.58. The number of rotatable bonds is 6. The lowest BCUT2D eigenvalue weighted by Gasteiger charge is -2.36. The van der Waals surface area contributed by atoms with Gasteiger partial charge >= 0.3 is 0 Å². The molecule has 0 spiro atoms. The van der Waals surface area contributed by atoms with Crippen LogP contribution in [0.3, 0.4) is 0 Å². The van der Waals surface area contributed by atoms with Crippen molar-refractivity contribution < 1.29 is 0 Å². The minimum atomic E-state index is 0.631. The Morgan fingerprint density at radius 2 is 2.36 bits per heavy atom. The maximum atomic E-state index is 3.42. The van der Waals surface area contributed by atoms with Crippen LogP contribution in [0, 0.1) is 0 Å². The van der Waals surface area contributed by atoms with Gasteiger partial charge in [0, 0.05) is 5.25 Å². The minimum absolute atomic E-state index is 0.631. The third kappa shape index (κ3) is 3.30. The Morgan fingerprint density at radius 3 is 2.79 bits per heavy atom. The van der Waals surface area contributed by atoms with Crippen molar-refractivity contribution in [2.75, 3.05) is 13.1 Å². The molecule has 0 aliphatic carbocycles. The van der Waals surface area contributed by atoms with Gasteiger partial charge < -0.3 is 5.32 Å². The van der Waals surface area contributed by atoms with Crippen LogP contribution in [0.15, 0.2) is 11.6 Å². The lowest BCUT2D eigenvalue weighted by molar-refractivity contribution is 0.595. The van der Waals surface area contributed by atoms with Gasteiger partial charge in [0.1, 0.15) is 0 Å². The van der Waals surface area contributed by atoms with Gasteiger partial charge in [-0.25, -0.2) is 0 Å². The second-order valence-electron chi connectivity index (χ2n) is 3.74. The largest absolute Gasteiger partial charge is 0.317 e. The highest BCUT2D eigenvalue weighted by Crippen LogP contribution is 2.30. The third-order valence-electron chi connectivity index (χ3n) is 2.69. The van der Waals surface area contributed by atoms with Crippen LogP contribution in [0.2, 0.25) is 0 Å². The molecule has 3 heteroatoms. The summed E-state index contributed by atoms with van der Waals surface area (Å²) in [4.78, 5) is 0. The number of allylic oxidation sites excluding steroid dienone is 1. The lowest BCUT2D eigenvalue weighted by Crippen LogP contribution is -2.45. The van der Waals surface area contributed by atoms with Gasteiger partial charge in [-0.3, -0.25) is 4.72 Å². The van der Waals surface area contributed by atoms with Gasteiger partial charge in [0.2, 0.25) is 0 Å². The normalized spacial score (nSPS) is 27.5. The summed E-state index contributed by atoms with van der Waals surface area (Å²) in [5.74, 6) is 0. The van der Waals surface area contributed by atoms with Gasteiger partial charge in [-0.2, -0.15) is 0 Å². The van der Waals surface area contributed by atoms with E-state index >= 15 is 0 Å². The molecule has 2 atom stereocenters. The van der Waals surface area contributed by atoms with Gasteiger partial charge in [0.15, 0.2) is 0 Å². The van der Waals surface area contributed by atoms with Crippen LogP contribution in [0.4, 0.5) is 0 Å². The molecule has 0 bridgehead atoms. The fraction of sp³-hybridized carbons (Fsp3) is 0.818. The van der Waals surface area contributed by atoms with Crippen LogP contribution < -0.4 is 10.0 Å². The predicted molar refractivity (Wildman–Crippen MR) is 65.5 cm³/mol. The van der Waals surface area contributed by atoms with E-state index in [1.807, 2.05) is 11.9 Å². The summed E-state index contributed by atoms with van der Waals surface area (Å²) in [6, 6.07) is 0.631. The highest BCUT2D eigenvalue weighted by molar-refractivity contribution is 7.99. The molecule has 0 amide bonds. The van der Waals surface area contributed by atoms with Gasteiger partial charge in [0.05, 0.1) is 6.04 Å². The summed E-state index contributed by atoms with van der Waals surface area (Å²) in [6.45, 7) is 8.82. The molecule has 1 fully saturated rings. The van der Waals surface area contributed by atoms with Crippen molar-refractivity contribution in [1.29, 1.82) is 0 Å². The first-order valence-corrected chi connectivity index (χ1v) is 6.44. The molecule has 1 saturated heterocycles. The summed E-state index contributed by atoms with van der Waals surface area (Å²) in [7, 11) is 0. The van der Waals surface area contributed by atoms with Crippen molar-refractivity contribution >= 4 is 11.9 Å². The van der Waals surface area contributed by atoms with Gasteiger partial charge in [-0.05, 0) is 32.9 Å². The topological polar surface area (TPSA) is 24.1 Å². The second kappa shape index (κ2) is 6.49. The molecule has 0 aromatic heterocycles. The van der Waals surface area contributed by atoms with Crippen LogP contribution >= 0.6 is 11.9 Å². The van der Waals surface area contributed by atoms with Crippen LogP contribution in [-0.2, 0) is 0 Å². The minimum Gasteiger partial charge on any atom is -0.317 e. The van der Waals surface area contributed by atoms with E-state index in [2.05, 4.69) is 36.9 Å². The fourth-order valence-electron chi connectivity index (χ4n) is 1.72. The first kappa shape index (κ1) is 12.1. The molecule has 1 aliphatic heterocycles. The van der Waals surface area contributed by atoms with Crippen LogP contribution in [0.1, 0.15) is 33.6 Å². The first-order valence-electron chi connectivity index (χ1n) is 5.56. The van der Waals surface area contributed by atoms with E-state index in [4.69, 9.17) is 0 Å². The zero-order valence-electron chi connectivity index (χ0n) is 9.47. The summed E-state index contributed by atoms with van der Waals surface area (Å²) in [5, 5.41) is 4.11. The first-order chi connectivity index (χ1) is 6.79. The second-order valence-corrected chi connectivity index (χ2v) is 4.95. The van der Waals surface area contributed by atoms with E-state index in [9.17, 15) is 0 Å². The quantitative estimate of drug-likeness (QED) is 0.403. The SMILES string of the molecule is C/C=C(\CCCNCC)C1NS[C@@H]1C. The Labute approximate surface area is 92.1 Å². The van der Waals surface area contributed by atoms with Crippen LogP contribution in [0.5, 0.6) is 0 Å². The maximum absolute atomic E-state index is 3.42. The van der Waals surface area contributed by atoms with E-state index < -0.39 is 0 Å². The molecular formula is C11H22N2S. The molecule has 82 valence electrons. The molecule has 2 nitrogen and oxygen atoms in total. The van der Waals surface area contributed by atoms with Gasteiger partial charge in [0.25, 0.3) is 0 Å². The van der Waals surface area contributed by atoms with Crippen molar-refractivity contribution in [3.8, 4) is 0 Å². The molecule has 0 radical (unpaired) electrons. The standard InChI is InChI=1S/C11H22N2S/c1-4-10(7-6-8-12-5-2)11-9(3)14-13-11/h4,9,11-13H,5-8H2,1-3H3/b10-4+/t9-,11?/m1/s1. The summed E-state index contributed by atoms with van der Waals surface area (Å²) < 4.78 is 3.42. The number of nitrogens with one attached hydrogen (secondary N) is 2. The molecular weight excluding hydrogens is 192 g/mol. The van der Waals surface area contributed by atoms with Crippen molar-refractivity contribution in [2.24, 2.45) is 0 Å². The van der Waals surface area contributed by atoms with Crippen molar-refractivity contribution in [1.82, 2.24) is 10.0 Å². The molecule has 1 heterocycles. The highest BCUT2D eigenvalue weighted by Gasteiger charge is 2.29. The van der Waals surface area contributed by atoms with Crippen molar-refractivity contribution in [3.63, 3.8) is 0 Å². The smallest absolute Gasteiger partial charge is 0.0510 e.